The molecule has 152 valence electrons. The highest BCUT2D eigenvalue weighted by Crippen LogP contribution is 2.28. The van der Waals surface area contributed by atoms with Crippen molar-refractivity contribution in [3.63, 3.8) is 0 Å². The van der Waals surface area contributed by atoms with Crippen LogP contribution < -0.4 is 5.32 Å². The Hall–Kier alpha value is -3.47. The molecule has 1 amide bonds. The zero-order valence-corrected chi connectivity index (χ0v) is 17.4. The number of benzene rings is 3. The molecule has 3 aromatic carbocycles. The van der Waals surface area contributed by atoms with E-state index in [-0.39, 0.29) is 16.4 Å². The Morgan fingerprint density at radius 1 is 1.00 bits per heavy atom. The van der Waals surface area contributed by atoms with Crippen LogP contribution >= 0.6 is 0 Å². The SMILES string of the molecule is CC(c1cccc(NC(=O)c2ccccc2)c1)N(C)S(=O)(=O)c1ccccc1C#N. The van der Waals surface area contributed by atoms with E-state index in [4.69, 9.17) is 0 Å². The molecular formula is C23H21N3O3S. The predicted octanol–water partition coefficient (Wildman–Crippen LogP) is 4.19. The monoisotopic (exact) mass is 419 g/mol. The van der Waals surface area contributed by atoms with Gasteiger partial charge in [-0.05, 0) is 48.9 Å². The topological polar surface area (TPSA) is 90.3 Å². The lowest BCUT2D eigenvalue weighted by Crippen LogP contribution is -2.30. The molecule has 0 fully saturated rings. The number of nitrogens with one attached hydrogen (secondary N) is 1. The van der Waals surface area contributed by atoms with Gasteiger partial charge in [-0.15, -0.1) is 0 Å². The van der Waals surface area contributed by atoms with Gasteiger partial charge in [-0.1, -0.05) is 42.5 Å². The van der Waals surface area contributed by atoms with Crippen molar-refractivity contribution in [2.24, 2.45) is 0 Å². The van der Waals surface area contributed by atoms with Crippen molar-refractivity contribution in [2.75, 3.05) is 12.4 Å². The third-order valence-corrected chi connectivity index (χ3v) is 6.86. The molecular weight excluding hydrogens is 398 g/mol. The molecule has 3 aromatic rings. The fourth-order valence-electron chi connectivity index (χ4n) is 3.03. The van der Waals surface area contributed by atoms with Crippen molar-refractivity contribution in [2.45, 2.75) is 17.9 Å². The summed E-state index contributed by atoms with van der Waals surface area (Å²) in [6.07, 6.45) is 0. The van der Waals surface area contributed by atoms with Gasteiger partial charge in [0.25, 0.3) is 5.91 Å². The first-order valence-corrected chi connectivity index (χ1v) is 10.7. The summed E-state index contributed by atoms with van der Waals surface area (Å²) < 4.78 is 27.4. The van der Waals surface area contributed by atoms with Crippen LogP contribution in [0.15, 0.2) is 83.8 Å². The number of nitriles is 1. The number of hydrogen-bond donors (Lipinski definition) is 1. The van der Waals surface area contributed by atoms with Gasteiger partial charge in [0.05, 0.1) is 10.5 Å². The average molecular weight is 420 g/mol. The van der Waals surface area contributed by atoms with Crippen LogP contribution in [0.1, 0.15) is 34.5 Å². The first-order valence-electron chi connectivity index (χ1n) is 9.28. The van der Waals surface area contributed by atoms with Gasteiger partial charge in [-0.3, -0.25) is 4.79 Å². The summed E-state index contributed by atoms with van der Waals surface area (Å²) >= 11 is 0. The second kappa shape index (κ2) is 8.91. The third-order valence-electron chi connectivity index (χ3n) is 4.87. The van der Waals surface area contributed by atoms with Crippen molar-refractivity contribution >= 4 is 21.6 Å². The van der Waals surface area contributed by atoms with E-state index in [2.05, 4.69) is 5.32 Å². The third kappa shape index (κ3) is 4.40. The Kier molecular flexibility index (Phi) is 6.31. The van der Waals surface area contributed by atoms with Crippen LogP contribution in [0.25, 0.3) is 0 Å². The maximum Gasteiger partial charge on any atom is 0.255 e. The molecule has 0 saturated heterocycles. The molecule has 0 aliphatic heterocycles. The smallest absolute Gasteiger partial charge is 0.255 e. The molecule has 7 heteroatoms. The van der Waals surface area contributed by atoms with Gasteiger partial charge in [0.1, 0.15) is 6.07 Å². The second-order valence-corrected chi connectivity index (χ2v) is 8.72. The van der Waals surface area contributed by atoms with Crippen LogP contribution in [-0.4, -0.2) is 25.7 Å². The second-order valence-electron chi connectivity index (χ2n) is 6.75. The van der Waals surface area contributed by atoms with Gasteiger partial charge < -0.3 is 5.32 Å². The highest BCUT2D eigenvalue weighted by atomic mass is 32.2. The van der Waals surface area contributed by atoms with Crippen molar-refractivity contribution in [3.05, 3.63) is 95.6 Å². The Balaban J connectivity index is 1.85. The molecule has 0 aliphatic rings. The van der Waals surface area contributed by atoms with Gasteiger partial charge in [0.2, 0.25) is 10.0 Å². The van der Waals surface area contributed by atoms with Crippen LogP contribution in [0.3, 0.4) is 0 Å². The molecule has 1 unspecified atom stereocenters. The van der Waals surface area contributed by atoms with Crippen molar-refractivity contribution in [1.29, 1.82) is 5.26 Å². The summed E-state index contributed by atoms with van der Waals surface area (Å²) in [5, 5.41) is 12.1. The van der Waals surface area contributed by atoms with Crippen molar-refractivity contribution < 1.29 is 13.2 Å². The van der Waals surface area contributed by atoms with Gasteiger partial charge in [0.15, 0.2) is 0 Å². The fraction of sp³-hybridized carbons (Fsp3) is 0.130. The Morgan fingerprint density at radius 3 is 2.37 bits per heavy atom. The molecule has 0 spiro atoms. The minimum Gasteiger partial charge on any atom is -0.322 e. The quantitative estimate of drug-likeness (QED) is 0.649. The molecule has 1 atom stereocenters. The van der Waals surface area contributed by atoms with Crippen LogP contribution in [0, 0.1) is 11.3 Å². The van der Waals surface area contributed by atoms with E-state index in [1.165, 1.54) is 23.5 Å². The van der Waals surface area contributed by atoms with Crippen LogP contribution in [0.4, 0.5) is 5.69 Å². The van der Waals surface area contributed by atoms with E-state index in [1.807, 2.05) is 12.1 Å². The lowest BCUT2D eigenvalue weighted by molar-refractivity contribution is 0.102. The lowest BCUT2D eigenvalue weighted by Gasteiger charge is -2.25. The number of carbonyl (C=O) groups is 1. The molecule has 0 radical (unpaired) electrons. The van der Waals surface area contributed by atoms with Gasteiger partial charge >= 0.3 is 0 Å². The Bertz CT molecular complexity index is 1200. The zero-order chi connectivity index (χ0) is 21.7. The van der Waals surface area contributed by atoms with E-state index in [0.29, 0.717) is 16.8 Å². The largest absolute Gasteiger partial charge is 0.322 e. The number of carbonyl (C=O) groups excluding carboxylic acids is 1. The van der Waals surface area contributed by atoms with Gasteiger partial charge in [-0.2, -0.15) is 9.57 Å². The first kappa shape index (κ1) is 21.2. The summed E-state index contributed by atoms with van der Waals surface area (Å²) in [5.74, 6) is -0.246. The zero-order valence-electron chi connectivity index (χ0n) is 16.6. The number of nitrogens with zero attached hydrogens (tertiary/aromatic N) is 2. The molecule has 0 bridgehead atoms. The standard InChI is InChI=1S/C23H21N3O3S/c1-17(26(2)30(28,29)22-14-7-6-11-20(22)16-24)19-12-8-13-21(15-19)25-23(27)18-9-4-3-5-10-18/h3-15,17H,1-2H3,(H,25,27). The summed E-state index contributed by atoms with van der Waals surface area (Å²) in [6, 6.07) is 23.4. The average Bonchev–Trinajstić information content (AvgIpc) is 2.78. The number of sulfonamides is 1. The van der Waals surface area contributed by atoms with Crippen LogP contribution in [0.2, 0.25) is 0 Å². The van der Waals surface area contributed by atoms with E-state index in [0.717, 1.165) is 0 Å². The Labute approximate surface area is 176 Å². The lowest BCUT2D eigenvalue weighted by atomic mass is 10.1. The number of hydrogen-bond acceptors (Lipinski definition) is 4. The fourth-order valence-corrected chi connectivity index (χ4v) is 4.52. The van der Waals surface area contributed by atoms with Crippen LogP contribution in [0.5, 0.6) is 0 Å². The molecule has 0 aliphatic carbocycles. The minimum absolute atomic E-state index is 0.0321. The summed E-state index contributed by atoms with van der Waals surface area (Å²) in [7, 11) is -2.41. The number of anilines is 1. The number of rotatable bonds is 6. The Morgan fingerprint density at radius 2 is 1.67 bits per heavy atom. The molecule has 0 heterocycles. The molecule has 3 rings (SSSR count). The van der Waals surface area contributed by atoms with Gasteiger partial charge in [0, 0.05) is 24.3 Å². The predicted molar refractivity (Wildman–Crippen MR) is 115 cm³/mol. The highest BCUT2D eigenvalue weighted by Gasteiger charge is 2.28. The van der Waals surface area contributed by atoms with E-state index in [1.54, 1.807) is 67.6 Å². The summed E-state index contributed by atoms with van der Waals surface area (Å²) in [4.78, 5) is 12.4. The van der Waals surface area contributed by atoms with Crippen molar-refractivity contribution in [3.8, 4) is 6.07 Å². The van der Waals surface area contributed by atoms with Gasteiger partial charge in [-0.25, -0.2) is 8.42 Å². The molecule has 30 heavy (non-hydrogen) atoms. The molecule has 0 saturated carbocycles. The first-order chi connectivity index (χ1) is 14.3. The minimum atomic E-state index is -3.88. The maximum absolute atomic E-state index is 13.1. The van der Waals surface area contributed by atoms with Crippen molar-refractivity contribution in [1.82, 2.24) is 4.31 Å². The molecule has 6 nitrogen and oxygen atoms in total. The maximum atomic E-state index is 13.1. The van der Waals surface area contributed by atoms with Crippen LogP contribution in [-0.2, 0) is 10.0 Å². The van der Waals surface area contributed by atoms with E-state index in [9.17, 15) is 18.5 Å². The van der Waals surface area contributed by atoms with E-state index >= 15 is 0 Å². The van der Waals surface area contributed by atoms with E-state index < -0.39 is 16.1 Å². The summed E-state index contributed by atoms with van der Waals surface area (Å²) in [5.41, 5.74) is 1.90. The molecule has 0 aromatic heterocycles. The molecule has 1 N–H and O–H groups in total. The summed E-state index contributed by atoms with van der Waals surface area (Å²) in [6.45, 7) is 1.75. The highest BCUT2D eigenvalue weighted by molar-refractivity contribution is 7.89. The number of amides is 1. The normalized spacial score (nSPS) is 12.2.